The molecule has 0 aliphatic carbocycles. The number of carbonyl (C=O) groups is 3. The van der Waals surface area contributed by atoms with Gasteiger partial charge in [-0.15, -0.1) is 0 Å². The van der Waals surface area contributed by atoms with E-state index < -0.39 is 33.8 Å². The van der Waals surface area contributed by atoms with E-state index in [1.54, 1.807) is 0 Å². The van der Waals surface area contributed by atoms with Gasteiger partial charge in [-0.25, -0.2) is 12.7 Å². The van der Waals surface area contributed by atoms with Gasteiger partial charge in [-0.1, -0.05) is 74.6 Å². The molecule has 1 unspecified atom stereocenters. The number of carbonyl (C=O) groups excluding carboxylic acids is 3. The molecule has 0 spiro atoms. The molecule has 0 aromatic rings. The highest BCUT2D eigenvalue weighted by Crippen LogP contribution is 2.33. The number of rotatable bonds is 3. The molecule has 8 heteroatoms. The summed E-state index contributed by atoms with van der Waals surface area (Å²) in [7, 11) is -4.14. The number of amides is 3. The predicted octanol–water partition coefficient (Wildman–Crippen LogP) is 3.69. The molecule has 0 saturated carbocycles. The Kier molecular flexibility index (Phi) is 17.2. The lowest BCUT2D eigenvalue weighted by Gasteiger charge is -2.28. The van der Waals surface area contributed by atoms with E-state index in [-0.39, 0.29) is 23.3 Å². The van der Waals surface area contributed by atoms with Crippen molar-refractivity contribution >= 4 is 27.7 Å². The molecule has 3 amide bonds. The van der Waals surface area contributed by atoms with Crippen molar-refractivity contribution in [1.29, 1.82) is 0 Å². The van der Waals surface area contributed by atoms with Gasteiger partial charge in [-0.05, 0) is 12.5 Å². The molecule has 162 valence electrons. The van der Waals surface area contributed by atoms with Crippen molar-refractivity contribution in [2.75, 3.05) is 0 Å². The van der Waals surface area contributed by atoms with Gasteiger partial charge in [0.1, 0.15) is 6.04 Å². The highest BCUT2D eigenvalue weighted by Gasteiger charge is 2.48. The third-order valence-electron chi connectivity index (χ3n) is 3.12. The van der Waals surface area contributed by atoms with E-state index in [1.807, 2.05) is 60.7 Å². The highest BCUT2D eigenvalue weighted by molar-refractivity contribution is 7.94. The Labute approximate surface area is 170 Å². The van der Waals surface area contributed by atoms with Crippen LogP contribution in [0, 0.1) is 0 Å². The fourth-order valence-electron chi connectivity index (χ4n) is 2.20. The molecule has 1 saturated heterocycles. The fourth-order valence-corrected chi connectivity index (χ4v) is 3.92. The van der Waals surface area contributed by atoms with E-state index in [2.05, 4.69) is 13.2 Å². The molecule has 1 atom stereocenters. The first-order valence-electron chi connectivity index (χ1n) is 9.76. The number of hydrogen-bond acceptors (Lipinski definition) is 5. The monoisotopic (exact) mass is 416 g/mol. The third kappa shape index (κ3) is 6.74. The average Bonchev–Trinajstić information content (AvgIpc) is 2.92. The molecule has 28 heavy (non-hydrogen) atoms. The lowest BCUT2D eigenvalue weighted by Crippen LogP contribution is -2.54. The lowest BCUT2D eigenvalue weighted by molar-refractivity contribution is -0.140. The summed E-state index contributed by atoms with van der Waals surface area (Å²) < 4.78 is 25.1. The van der Waals surface area contributed by atoms with Crippen LogP contribution >= 0.6 is 0 Å². The van der Waals surface area contributed by atoms with Crippen molar-refractivity contribution in [3.05, 3.63) is 35.8 Å². The molecule has 1 N–H and O–H groups in total. The largest absolute Gasteiger partial charge is 0.295 e. The van der Waals surface area contributed by atoms with Gasteiger partial charge >= 0.3 is 0 Å². The minimum atomic E-state index is -4.14. The Balaban J connectivity index is -0.000000695. The Morgan fingerprint density at radius 1 is 0.929 bits per heavy atom. The van der Waals surface area contributed by atoms with Gasteiger partial charge in [0, 0.05) is 6.42 Å². The zero-order chi connectivity index (χ0) is 23.1. The molecule has 0 aromatic carbocycles. The van der Waals surface area contributed by atoms with E-state index in [1.165, 1.54) is 0 Å². The molecule has 0 bridgehead atoms. The highest BCUT2D eigenvalue weighted by atomic mass is 32.2. The van der Waals surface area contributed by atoms with Crippen molar-refractivity contribution < 1.29 is 22.8 Å². The third-order valence-corrected chi connectivity index (χ3v) is 5.00. The average molecular weight is 417 g/mol. The van der Waals surface area contributed by atoms with Gasteiger partial charge in [0.2, 0.25) is 5.91 Å². The maximum Gasteiger partial charge on any atom is 0.269 e. The minimum absolute atomic E-state index is 0.0252. The van der Waals surface area contributed by atoms with Crippen LogP contribution in [-0.2, 0) is 24.4 Å². The maximum atomic E-state index is 12.3. The summed E-state index contributed by atoms with van der Waals surface area (Å²) in [5, 5.41) is 2.02. The van der Waals surface area contributed by atoms with Gasteiger partial charge in [0.25, 0.3) is 21.8 Å². The van der Waals surface area contributed by atoms with Crippen molar-refractivity contribution in [2.24, 2.45) is 0 Å². The van der Waals surface area contributed by atoms with Crippen LogP contribution < -0.4 is 5.32 Å². The van der Waals surface area contributed by atoms with Crippen LogP contribution in [0.15, 0.2) is 35.8 Å². The number of nitrogens with one attached hydrogen (secondary N) is 1. The zero-order valence-electron chi connectivity index (χ0n) is 18.5. The van der Waals surface area contributed by atoms with Gasteiger partial charge < -0.3 is 0 Å². The molecular formula is C20H36N2O5S. The van der Waals surface area contributed by atoms with Gasteiger partial charge in [0.05, 0.1) is 10.5 Å². The second-order valence-electron chi connectivity index (χ2n) is 4.26. The first-order chi connectivity index (χ1) is 13.3. The molecule has 1 fully saturated rings. The Morgan fingerprint density at radius 3 is 1.71 bits per heavy atom. The number of allylic oxidation sites excluding steroid dienone is 1. The van der Waals surface area contributed by atoms with Crippen LogP contribution in [-0.4, -0.2) is 36.5 Å². The van der Waals surface area contributed by atoms with Gasteiger partial charge in [0.15, 0.2) is 0 Å². The quantitative estimate of drug-likeness (QED) is 0.707. The number of sulfonamides is 1. The number of nitrogens with zero attached hydrogens (tertiary/aromatic N) is 1. The van der Waals surface area contributed by atoms with Crippen molar-refractivity contribution in [2.45, 2.75) is 74.3 Å². The number of piperidine rings is 1. The first-order valence-corrected chi connectivity index (χ1v) is 11.2. The van der Waals surface area contributed by atoms with Crippen LogP contribution in [0.3, 0.4) is 0 Å². The molecular weight excluding hydrogens is 380 g/mol. The Bertz CT molecular complexity index is 679. The summed E-state index contributed by atoms with van der Waals surface area (Å²) in [5.74, 6) is -2.12. The van der Waals surface area contributed by atoms with E-state index in [0.717, 1.165) is 12.2 Å². The summed E-state index contributed by atoms with van der Waals surface area (Å²) in [5.41, 5.74) is -0.121. The summed E-state index contributed by atoms with van der Waals surface area (Å²) in [4.78, 5) is 34.7. The van der Waals surface area contributed by atoms with Gasteiger partial charge in [-0.2, -0.15) is 0 Å². The first kappa shape index (κ1) is 30.5. The van der Waals surface area contributed by atoms with E-state index in [9.17, 15) is 22.8 Å². The van der Waals surface area contributed by atoms with Gasteiger partial charge in [-0.3, -0.25) is 19.7 Å². The molecule has 2 aliphatic rings. The fraction of sp³-hybridized carbons (Fsp3) is 0.550. The van der Waals surface area contributed by atoms with Crippen molar-refractivity contribution in [1.82, 2.24) is 9.62 Å². The van der Waals surface area contributed by atoms with E-state index in [4.69, 9.17) is 0 Å². The van der Waals surface area contributed by atoms with Crippen LogP contribution in [0.4, 0.5) is 0 Å². The summed E-state index contributed by atoms with van der Waals surface area (Å²) in [6.45, 7) is 22.8. The molecule has 0 aromatic heterocycles. The molecule has 2 heterocycles. The predicted molar refractivity (Wildman–Crippen MR) is 115 cm³/mol. The Hall–Kier alpha value is -2.22. The van der Waals surface area contributed by atoms with Crippen LogP contribution in [0.25, 0.3) is 0 Å². The second kappa shape index (κ2) is 15.8. The van der Waals surface area contributed by atoms with Crippen molar-refractivity contribution in [3.8, 4) is 0 Å². The summed E-state index contributed by atoms with van der Waals surface area (Å²) in [6.07, 6.45) is 2.09. The number of hydrogen-bond donors (Lipinski definition) is 1. The smallest absolute Gasteiger partial charge is 0.269 e. The zero-order valence-corrected chi connectivity index (χ0v) is 19.3. The standard InChI is InChI=1S/C12H12N2O5S.4C2H6/c1-3-7-9(4-2)20(18,19)14(12(7)17)8-5-6-10(15)13-11(8)16;4*1-2/h3-4,8H,1-2,5-6H2,(H,13,15,16);4*1-2H3. The lowest BCUT2D eigenvalue weighted by atomic mass is 10.1. The second-order valence-corrected chi connectivity index (χ2v) is 6.04. The minimum Gasteiger partial charge on any atom is -0.295 e. The SMILES string of the molecule is C=CC1=C(C=C)S(=O)(=O)N(C2CCC(=O)NC2=O)C1=O.CC.CC.CC.CC. The van der Waals surface area contributed by atoms with Crippen LogP contribution in [0.1, 0.15) is 68.2 Å². The maximum absolute atomic E-state index is 12.3. The van der Waals surface area contributed by atoms with Crippen LogP contribution in [0.2, 0.25) is 0 Å². The normalized spacial score (nSPS) is 19.2. The molecule has 0 radical (unpaired) electrons. The van der Waals surface area contributed by atoms with E-state index in [0.29, 0.717) is 4.31 Å². The van der Waals surface area contributed by atoms with Crippen LogP contribution in [0.5, 0.6) is 0 Å². The Morgan fingerprint density at radius 2 is 1.39 bits per heavy atom. The molecule has 2 aliphatic heterocycles. The number of imide groups is 1. The summed E-state index contributed by atoms with van der Waals surface area (Å²) >= 11 is 0. The summed E-state index contributed by atoms with van der Waals surface area (Å²) in [6, 6.07) is -1.22. The van der Waals surface area contributed by atoms with E-state index >= 15 is 0 Å². The van der Waals surface area contributed by atoms with Crippen molar-refractivity contribution in [3.63, 3.8) is 0 Å². The molecule has 2 rings (SSSR count). The molecule has 7 nitrogen and oxygen atoms in total. The topological polar surface area (TPSA) is 101 Å².